The molecule has 0 radical (unpaired) electrons. The molecule has 0 aromatic heterocycles. The van der Waals surface area contributed by atoms with Gasteiger partial charge in [-0.2, -0.15) is 0 Å². The lowest BCUT2D eigenvalue weighted by atomic mass is 9.84. The van der Waals surface area contributed by atoms with Gasteiger partial charge in [0.15, 0.2) is 11.5 Å². The van der Waals surface area contributed by atoms with Gasteiger partial charge in [-0.15, -0.1) is 8.78 Å². The average molecular weight is 428 g/mol. The number of amides is 1. The molecule has 1 atom stereocenters. The van der Waals surface area contributed by atoms with Crippen molar-refractivity contribution in [2.75, 3.05) is 17.3 Å². The van der Waals surface area contributed by atoms with Crippen LogP contribution in [-0.4, -0.2) is 25.3 Å². The highest BCUT2D eigenvalue weighted by Crippen LogP contribution is 2.52. The van der Waals surface area contributed by atoms with Crippen LogP contribution in [0.5, 0.6) is 11.5 Å². The maximum atomic E-state index is 13.3. The van der Waals surface area contributed by atoms with Gasteiger partial charge in [0.2, 0.25) is 5.91 Å². The van der Waals surface area contributed by atoms with Crippen LogP contribution in [0.15, 0.2) is 36.4 Å². The van der Waals surface area contributed by atoms with Gasteiger partial charge in [0.25, 0.3) is 0 Å². The lowest BCUT2D eigenvalue weighted by Crippen LogP contribution is -2.39. The van der Waals surface area contributed by atoms with Gasteiger partial charge in [-0.25, -0.2) is 0 Å². The Morgan fingerprint density at radius 1 is 1.10 bits per heavy atom. The Bertz CT molecular complexity index is 1070. The van der Waals surface area contributed by atoms with E-state index in [9.17, 15) is 13.6 Å². The Morgan fingerprint density at radius 2 is 1.81 bits per heavy atom. The van der Waals surface area contributed by atoms with Crippen LogP contribution in [-0.2, 0) is 16.6 Å². The predicted molar refractivity (Wildman–Crippen MR) is 114 cm³/mol. The first-order valence-corrected chi connectivity index (χ1v) is 10.6. The number of carbonyl (C=O) groups is 1. The van der Waals surface area contributed by atoms with E-state index < -0.39 is 11.7 Å². The van der Waals surface area contributed by atoms with Crippen LogP contribution < -0.4 is 19.7 Å². The minimum absolute atomic E-state index is 0.0129. The number of alkyl halides is 2. The molecule has 1 N–H and O–H groups in total. The standard InChI is InChI=1S/C24H26F2N2O3/c1-22(2,3)20-12-14-11-16(6-7-17(14)28(20)4)27-21(29)23(9-10-23)15-5-8-18-19(13-15)31-24(25,26)30-18/h5-8,11,13,20H,9-10,12H2,1-4H3,(H,27,29). The van der Waals surface area contributed by atoms with Crippen LogP contribution in [0.4, 0.5) is 20.2 Å². The Kier molecular flexibility index (Phi) is 4.11. The average Bonchev–Trinajstić information content (AvgIpc) is 3.33. The van der Waals surface area contributed by atoms with Gasteiger partial charge in [-0.3, -0.25) is 4.79 Å². The summed E-state index contributed by atoms with van der Waals surface area (Å²) in [6, 6.07) is 11.0. The summed E-state index contributed by atoms with van der Waals surface area (Å²) in [5, 5.41) is 3.05. The van der Waals surface area contributed by atoms with Crippen LogP contribution in [0.3, 0.4) is 0 Å². The molecule has 164 valence electrons. The van der Waals surface area contributed by atoms with Crippen LogP contribution in [0.2, 0.25) is 0 Å². The number of hydrogen-bond acceptors (Lipinski definition) is 4. The number of rotatable bonds is 3. The summed E-state index contributed by atoms with van der Waals surface area (Å²) < 4.78 is 35.7. The van der Waals surface area contributed by atoms with Crippen LogP contribution in [0, 0.1) is 5.41 Å². The van der Waals surface area contributed by atoms with Crippen molar-refractivity contribution in [1.82, 2.24) is 0 Å². The molecule has 0 bridgehead atoms. The first kappa shape index (κ1) is 20.1. The Balaban J connectivity index is 1.35. The summed E-state index contributed by atoms with van der Waals surface area (Å²) in [4.78, 5) is 15.5. The molecule has 5 nitrogen and oxygen atoms in total. The molecule has 3 aliphatic rings. The van der Waals surface area contributed by atoms with Gasteiger partial charge in [-0.1, -0.05) is 26.8 Å². The minimum Gasteiger partial charge on any atom is -0.395 e. The van der Waals surface area contributed by atoms with E-state index in [2.05, 4.69) is 53.6 Å². The highest BCUT2D eigenvalue weighted by atomic mass is 19.3. The molecule has 1 amide bonds. The number of fused-ring (bicyclic) bond motifs is 2. The van der Waals surface area contributed by atoms with E-state index in [0.717, 1.165) is 12.1 Å². The fraction of sp³-hybridized carbons (Fsp3) is 0.458. The summed E-state index contributed by atoms with van der Waals surface area (Å²) >= 11 is 0. The number of carbonyl (C=O) groups excluding carboxylic acids is 1. The Morgan fingerprint density at radius 3 is 2.48 bits per heavy atom. The van der Waals surface area contributed by atoms with E-state index in [4.69, 9.17) is 0 Å². The van der Waals surface area contributed by atoms with Gasteiger partial charge < -0.3 is 19.7 Å². The fourth-order valence-electron chi connectivity index (χ4n) is 4.84. The van der Waals surface area contributed by atoms with Crippen molar-refractivity contribution in [1.29, 1.82) is 0 Å². The summed E-state index contributed by atoms with van der Waals surface area (Å²) in [6.45, 7) is 6.71. The number of hydrogen-bond donors (Lipinski definition) is 1. The largest absolute Gasteiger partial charge is 0.586 e. The monoisotopic (exact) mass is 428 g/mol. The van der Waals surface area contributed by atoms with Gasteiger partial charge in [0.05, 0.1) is 5.41 Å². The van der Waals surface area contributed by atoms with Crippen molar-refractivity contribution in [2.45, 2.75) is 57.8 Å². The third-order valence-corrected chi connectivity index (χ3v) is 6.74. The third kappa shape index (κ3) is 3.30. The lowest BCUT2D eigenvalue weighted by molar-refractivity contribution is -0.286. The third-order valence-electron chi connectivity index (χ3n) is 6.74. The highest BCUT2D eigenvalue weighted by Gasteiger charge is 2.53. The predicted octanol–water partition coefficient (Wildman–Crippen LogP) is 5.09. The number of ether oxygens (including phenoxy) is 2. The summed E-state index contributed by atoms with van der Waals surface area (Å²) in [6.07, 6.45) is -1.41. The number of nitrogens with zero attached hydrogens (tertiary/aromatic N) is 1. The summed E-state index contributed by atoms with van der Waals surface area (Å²) in [7, 11) is 2.11. The van der Waals surface area contributed by atoms with Crippen LogP contribution in [0.1, 0.15) is 44.7 Å². The second kappa shape index (κ2) is 6.34. The first-order chi connectivity index (χ1) is 14.5. The molecule has 5 rings (SSSR count). The zero-order valence-electron chi connectivity index (χ0n) is 18.1. The van der Waals surface area contributed by atoms with E-state index in [1.807, 2.05) is 12.1 Å². The van der Waals surface area contributed by atoms with Crippen LogP contribution >= 0.6 is 0 Å². The van der Waals surface area contributed by atoms with E-state index in [1.165, 1.54) is 23.4 Å². The van der Waals surface area contributed by atoms with Crippen molar-refractivity contribution in [2.24, 2.45) is 5.41 Å². The Hall–Kier alpha value is -2.83. The SMILES string of the molecule is CN1c2ccc(NC(=O)C3(c4ccc5c(c4)OC(F)(F)O5)CC3)cc2CC1C(C)(C)C. The number of likely N-dealkylation sites (N-methyl/N-ethyl adjacent to an activating group) is 1. The molecule has 2 aromatic carbocycles. The molecule has 2 aromatic rings. The molecule has 1 fully saturated rings. The maximum absolute atomic E-state index is 13.3. The second-order valence-corrected chi connectivity index (χ2v) is 9.91. The van der Waals surface area contributed by atoms with Gasteiger partial charge in [-0.05, 0) is 66.1 Å². The quantitative estimate of drug-likeness (QED) is 0.740. The highest BCUT2D eigenvalue weighted by molar-refractivity contribution is 6.01. The molecule has 1 unspecified atom stereocenters. The summed E-state index contributed by atoms with van der Waals surface area (Å²) in [5.41, 5.74) is 3.25. The van der Waals surface area contributed by atoms with Gasteiger partial charge in [0, 0.05) is 24.5 Å². The molecular weight excluding hydrogens is 402 g/mol. The molecule has 0 spiro atoms. The number of nitrogens with one attached hydrogen (secondary N) is 1. The molecule has 2 heterocycles. The molecule has 31 heavy (non-hydrogen) atoms. The van der Waals surface area contributed by atoms with Crippen molar-refractivity contribution < 1.29 is 23.0 Å². The Labute approximate surface area is 180 Å². The van der Waals surface area contributed by atoms with E-state index in [0.29, 0.717) is 24.4 Å². The van der Waals surface area contributed by atoms with E-state index in [1.54, 1.807) is 6.07 Å². The zero-order chi connectivity index (χ0) is 22.2. The van der Waals surface area contributed by atoms with Gasteiger partial charge >= 0.3 is 6.29 Å². The smallest absolute Gasteiger partial charge is 0.395 e. The maximum Gasteiger partial charge on any atom is 0.586 e. The van der Waals surface area contributed by atoms with E-state index >= 15 is 0 Å². The van der Waals surface area contributed by atoms with E-state index in [-0.39, 0.29) is 22.8 Å². The molecule has 1 aliphatic carbocycles. The molecule has 2 aliphatic heterocycles. The van der Waals surface area contributed by atoms with Gasteiger partial charge in [0.1, 0.15) is 0 Å². The van der Waals surface area contributed by atoms with Crippen molar-refractivity contribution in [3.63, 3.8) is 0 Å². The second-order valence-electron chi connectivity index (χ2n) is 9.91. The molecule has 1 saturated carbocycles. The lowest BCUT2D eigenvalue weighted by Gasteiger charge is -2.34. The topological polar surface area (TPSA) is 50.8 Å². The molecular formula is C24H26F2N2O3. The molecule has 7 heteroatoms. The normalized spacial score (nSPS) is 22.3. The number of anilines is 2. The van der Waals surface area contributed by atoms with Crippen molar-refractivity contribution in [3.8, 4) is 11.5 Å². The zero-order valence-corrected chi connectivity index (χ0v) is 18.1. The fourth-order valence-corrected chi connectivity index (χ4v) is 4.84. The summed E-state index contributed by atoms with van der Waals surface area (Å²) in [5.74, 6) is -0.173. The number of benzene rings is 2. The van der Waals surface area contributed by atoms with Crippen LogP contribution in [0.25, 0.3) is 0 Å². The number of halogens is 2. The molecule has 0 saturated heterocycles. The van der Waals surface area contributed by atoms with Crippen molar-refractivity contribution in [3.05, 3.63) is 47.5 Å². The van der Waals surface area contributed by atoms with Crippen molar-refractivity contribution >= 4 is 17.3 Å². The minimum atomic E-state index is -3.66. The first-order valence-electron chi connectivity index (χ1n) is 10.6.